The number of aliphatic hydroxyl groups is 1. The molecule has 2 bridgehead atoms. The minimum absolute atomic E-state index is 0.00920. The molecule has 5 aliphatic rings. The maximum Gasteiger partial charge on any atom is 0.360 e. The van der Waals surface area contributed by atoms with Crippen molar-refractivity contribution in [1.82, 2.24) is 9.78 Å². The van der Waals surface area contributed by atoms with Crippen molar-refractivity contribution in [1.29, 1.82) is 0 Å². The van der Waals surface area contributed by atoms with Gasteiger partial charge in [0, 0.05) is 18.4 Å². The zero-order chi connectivity index (χ0) is 28.6. The van der Waals surface area contributed by atoms with Crippen LogP contribution in [0.15, 0.2) is 47.6 Å². The number of rotatable bonds is 2. The van der Waals surface area contributed by atoms with Gasteiger partial charge in [0.2, 0.25) is 0 Å². The highest BCUT2D eigenvalue weighted by atomic mass is 16.7. The molecule has 8 nitrogen and oxygen atoms in total. The first kappa shape index (κ1) is 26.1. The number of hydrogen-bond donors (Lipinski definition) is 1. The topological polar surface area (TPSA) is 99.9 Å². The molecule has 8 atom stereocenters. The number of ketones is 1. The van der Waals surface area contributed by atoms with Gasteiger partial charge in [-0.05, 0) is 67.6 Å². The molecule has 0 radical (unpaired) electrons. The summed E-state index contributed by atoms with van der Waals surface area (Å²) >= 11 is 0. The fraction of sp³-hybridized carbons (Fsp3) is 0.594. The Kier molecular flexibility index (Phi) is 5.17. The normalized spacial score (nSPS) is 40.6. The summed E-state index contributed by atoms with van der Waals surface area (Å²) in [5, 5.41) is 18.3. The van der Waals surface area contributed by atoms with Crippen LogP contribution >= 0.6 is 0 Å². The van der Waals surface area contributed by atoms with Crippen LogP contribution in [0.4, 0.5) is 0 Å². The Morgan fingerprint density at radius 3 is 2.67 bits per heavy atom. The number of benzene rings is 1. The van der Waals surface area contributed by atoms with Crippen molar-refractivity contribution < 1.29 is 28.9 Å². The predicted octanol–water partition coefficient (Wildman–Crippen LogP) is 4.36. The first-order valence-electron chi connectivity index (χ1n) is 14.3. The Hall–Kier alpha value is -2.81. The lowest BCUT2D eigenvalue weighted by atomic mass is 9.59. The van der Waals surface area contributed by atoms with Crippen LogP contribution < -0.4 is 0 Å². The molecule has 1 saturated heterocycles. The van der Waals surface area contributed by atoms with Gasteiger partial charge in [0.1, 0.15) is 6.10 Å². The highest BCUT2D eigenvalue weighted by Gasteiger charge is 2.77. The summed E-state index contributed by atoms with van der Waals surface area (Å²) in [7, 11) is 1.78. The van der Waals surface area contributed by atoms with Gasteiger partial charge in [0.05, 0.1) is 17.5 Å². The maximum absolute atomic E-state index is 14.8. The van der Waals surface area contributed by atoms with Crippen molar-refractivity contribution in [3.63, 3.8) is 0 Å². The van der Waals surface area contributed by atoms with Crippen LogP contribution in [0, 0.1) is 34.5 Å². The van der Waals surface area contributed by atoms with Crippen molar-refractivity contribution in [2.75, 3.05) is 6.61 Å². The van der Waals surface area contributed by atoms with E-state index in [2.05, 4.69) is 25.9 Å². The predicted molar refractivity (Wildman–Crippen MR) is 147 cm³/mol. The molecule has 3 fully saturated rings. The molecular weight excluding hydrogens is 508 g/mol. The van der Waals surface area contributed by atoms with Crippen LogP contribution in [-0.4, -0.2) is 56.8 Å². The molecule has 2 unspecified atom stereocenters. The van der Waals surface area contributed by atoms with E-state index in [-0.39, 0.29) is 41.3 Å². The van der Waals surface area contributed by atoms with Gasteiger partial charge in [-0.2, -0.15) is 5.10 Å². The minimum Gasteiger partial charge on any atom is -0.450 e. The molecule has 4 aliphatic carbocycles. The Morgan fingerprint density at radius 2 is 1.93 bits per heavy atom. The largest absolute Gasteiger partial charge is 0.450 e. The molecule has 0 amide bonds. The van der Waals surface area contributed by atoms with Crippen molar-refractivity contribution in [3.05, 3.63) is 53.3 Å². The van der Waals surface area contributed by atoms with E-state index in [1.165, 1.54) is 0 Å². The number of allylic oxidation sites excluding steroid dienone is 1. The van der Waals surface area contributed by atoms with E-state index in [4.69, 9.17) is 14.2 Å². The summed E-state index contributed by atoms with van der Waals surface area (Å²) < 4.78 is 20.4. The number of ether oxygens (including phenoxy) is 3. The Balaban J connectivity index is 1.38. The van der Waals surface area contributed by atoms with Crippen LogP contribution in [0.5, 0.6) is 0 Å². The molecule has 2 heterocycles. The van der Waals surface area contributed by atoms with E-state index in [0.29, 0.717) is 16.9 Å². The van der Waals surface area contributed by atoms with Gasteiger partial charge in [0.25, 0.3) is 0 Å². The van der Waals surface area contributed by atoms with Gasteiger partial charge in [0.15, 0.2) is 29.0 Å². The second-order valence-corrected chi connectivity index (χ2v) is 13.8. The molecule has 2 saturated carbocycles. The number of carbonyl (C=O) groups excluding carboxylic acids is 2. The standard InChI is InChI=1S/C32H38N2O6/c1-16-14-31-17(2)12-21-23(29(21,3)4)20(25(31)35)13-18-15-38-30(5,6)40-27(18)32(31,37)26(16)39-28(36)24-19-10-8-9-11-22(19)34(7)33-24/h8-11,13-14,17,20-21,23,26-27,37H,12,15H2,1-7H3/t17?,20-,21+,23-,26-,27+,31?,32+/m0/s1. The quantitative estimate of drug-likeness (QED) is 0.441. The molecule has 1 aromatic heterocycles. The molecule has 8 heteroatoms. The smallest absolute Gasteiger partial charge is 0.360 e. The minimum atomic E-state index is -1.85. The summed E-state index contributed by atoms with van der Waals surface area (Å²) in [6, 6.07) is 7.46. The third kappa shape index (κ3) is 3.10. The molecule has 40 heavy (non-hydrogen) atoms. The van der Waals surface area contributed by atoms with Crippen LogP contribution in [0.3, 0.4) is 0 Å². The average Bonchev–Trinajstić information content (AvgIpc) is 3.19. The van der Waals surface area contributed by atoms with Crippen LogP contribution in [0.2, 0.25) is 0 Å². The third-order valence-electron chi connectivity index (χ3n) is 10.8. The highest BCUT2D eigenvalue weighted by molar-refractivity contribution is 6.02. The Labute approximate surface area is 234 Å². The number of esters is 1. The zero-order valence-corrected chi connectivity index (χ0v) is 24.2. The zero-order valence-electron chi connectivity index (χ0n) is 24.2. The van der Waals surface area contributed by atoms with Gasteiger partial charge in [-0.15, -0.1) is 0 Å². The van der Waals surface area contributed by atoms with E-state index in [0.717, 1.165) is 17.5 Å². The molecule has 1 N–H and O–H groups in total. The summed E-state index contributed by atoms with van der Waals surface area (Å²) in [6.07, 6.45) is 2.72. The Bertz CT molecular complexity index is 1530. The second kappa shape index (κ2) is 7.93. The lowest BCUT2D eigenvalue weighted by Gasteiger charge is -2.52. The van der Waals surface area contributed by atoms with Crippen molar-refractivity contribution in [3.8, 4) is 0 Å². The number of aryl methyl sites for hydroxylation is 1. The monoisotopic (exact) mass is 546 g/mol. The number of fused-ring (bicyclic) bond motifs is 6. The average molecular weight is 547 g/mol. The number of hydrogen-bond acceptors (Lipinski definition) is 7. The number of aromatic nitrogens is 2. The van der Waals surface area contributed by atoms with E-state index in [1.807, 2.05) is 57.2 Å². The lowest BCUT2D eigenvalue weighted by molar-refractivity contribution is -0.302. The molecule has 212 valence electrons. The molecule has 1 spiro atoms. The second-order valence-electron chi connectivity index (χ2n) is 13.8. The van der Waals surface area contributed by atoms with E-state index < -0.39 is 35.0 Å². The van der Waals surface area contributed by atoms with Crippen LogP contribution in [-0.2, 0) is 26.1 Å². The third-order valence-corrected chi connectivity index (χ3v) is 10.8. The van der Waals surface area contributed by atoms with E-state index in [1.54, 1.807) is 11.7 Å². The fourth-order valence-electron chi connectivity index (χ4n) is 8.83. The Morgan fingerprint density at radius 1 is 1.20 bits per heavy atom. The van der Waals surface area contributed by atoms with E-state index in [9.17, 15) is 14.7 Å². The summed E-state index contributed by atoms with van der Waals surface area (Å²) in [6.45, 7) is 12.2. The fourth-order valence-corrected chi connectivity index (χ4v) is 8.83. The van der Waals surface area contributed by atoms with Crippen molar-refractivity contribution >= 4 is 22.7 Å². The number of nitrogens with zero attached hydrogens (tertiary/aromatic N) is 2. The first-order chi connectivity index (χ1) is 18.7. The number of Topliss-reactive ketones (excluding diaryl/α,β-unsaturated/α-hetero) is 1. The first-order valence-corrected chi connectivity index (χ1v) is 14.3. The van der Waals surface area contributed by atoms with Gasteiger partial charge >= 0.3 is 5.97 Å². The molecule has 7 rings (SSSR count). The van der Waals surface area contributed by atoms with Gasteiger partial charge in [-0.1, -0.05) is 51.1 Å². The maximum atomic E-state index is 14.8. The van der Waals surface area contributed by atoms with Gasteiger partial charge in [-0.3, -0.25) is 9.48 Å². The van der Waals surface area contributed by atoms with Crippen molar-refractivity contribution in [2.24, 2.45) is 41.5 Å². The number of carbonyl (C=O) groups is 2. The SMILES string of the molecule is CC1=CC23C(=O)[C@@H](C=C4COC(C)(C)O[C@H]4[C@]2(O)[C@H]1OC(=O)c1nn(C)c2ccccc12)[C@H]1[C@@H](CC3C)C1(C)C. The summed E-state index contributed by atoms with van der Waals surface area (Å²) in [4.78, 5) is 28.6. The molecule has 1 aliphatic heterocycles. The number of para-hydroxylation sites is 1. The van der Waals surface area contributed by atoms with Crippen LogP contribution in [0.25, 0.3) is 10.9 Å². The van der Waals surface area contributed by atoms with Crippen LogP contribution in [0.1, 0.15) is 58.5 Å². The molecule has 1 aromatic carbocycles. The van der Waals surface area contributed by atoms with E-state index >= 15 is 0 Å². The van der Waals surface area contributed by atoms with Crippen molar-refractivity contribution in [2.45, 2.75) is 71.6 Å². The molecular formula is C32H38N2O6. The molecule has 2 aromatic rings. The highest BCUT2D eigenvalue weighted by Crippen LogP contribution is 2.72. The lowest BCUT2D eigenvalue weighted by Crippen LogP contribution is -2.68. The van der Waals surface area contributed by atoms with Gasteiger partial charge in [-0.25, -0.2) is 4.79 Å². The van der Waals surface area contributed by atoms with Gasteiger partial charge < -0.3 is 19.3 Å². The summed E-state index contributed by atoms with van der Waals surface area (Å²) in [5.41, 5.74) is -0.729. The summed E-state index contributed by atoms with van der Waals surface area (Å²) in [5.74, 6) is -1.67.